The zero-order valence-corrected chi connectivity index (χ0v) is 12.0. The highest BCUT2D eigenvalue weighted by atomic mass is 16.5. The van der Waals surface area contributed by atoms with E-state index in [4.69, 9.17) is 20.6 Å². The van der Waals surface area contributed by atoms with Crippen LogP contribution in [-0.2, 0) is 0 Å². The lowest BCUT2D eigenvalue weighted by Crippen LogP contribution is -2.25. The molecular formula is C15H19NO4. The summed E-state index contributed by atoms with van der Waals surface area (Å²) in [6, 6.07) is 3.21. The highest BCUT2D eigenvalue weighted by molar-refractivity contribution is 5.97. The standard InChI is InChI=1S/C15H19NO4/c1-5-6-7-8-16-15(17)11-9-13(19-3)14(20-4)10-12(11)18-2/h1,9-10H,6-8H2,2-4H3,(H,16,17). The number of amides is 1. The molecule has 0 aromatic heterocycles. The van der Waals surface area contributed by atoms with Crippen LogP contribution >= 0.6 is 0 Å². The minimum Gasteiger partial charge on any atom is -0.496 e. The largest absolute Gasteiger partial charge is 0.496 e. The molecule has 0 unspecified atom stereocenters. The van der Waals surface area contributed by atoms with Crippen molar-refractivity contribution in [2.75, 3.05) is 27.9 Å². The number of unbranched alkanes of at least 4 members (excludes halogenated alkanes) is 1. The number of terminal acetylenes is 1. The van der Waals surface area contributed by atoms with Crippen molar-refractivity contribution in [3.05, 3.63) is 17.7 Å². The van der Waals surface area contributed by atoms with Crippen LogP contribution in [0.1, 0.15) is 23.2 Å². The van der Waals surface area contributed by atoms with Gasteiger partial charge in [0, 0.05) is 25.1 Å². The topological polar surface area (TPSA) is 56.8 Å². The Morgan fingerprint density at radius 1 is 1.15 bits per heavy atom. The van der Waals surface area contributed by atoms with E-state index in [0.717, 1.165) is 6.42 Å². The van der Waals surface area contributed by atoms with E-state index in [0.29, 0.717) is 35.8 Å². The van der Waals surface area contributed by atoms with Gasteiger partial charge in [-0.1, -0.05) is 0 Å². The summed E-state index contributed by atoms with van der Waals surface area (Å²) in [5, 5.41) is 2.79. The third-order valence-electron chi connectivity index (χ3n) is 2.73. The highest BCUT2D eigenvalue weighted by Gasteiger charge is 2.17. The lowest BCUT2D eigenvalue weighted by molar-refractivity contribution is 0.0950. The Labute approximate surface area is 119 Å². The van der Waals surface area contributed by atoms with Crippen molar-refractivity contribution in [2.24, 2.45) is 0 Å². The van der Waals surface area contributed by atoms with Gasteiger partial charge in [-0.25, -0.2) is 0 Å². The number of rotatable bonds is 7. The van der Waals surface area contributed by atoms with Crippen molar-refractivity contribution >= 4 is 5.91 Å². The summed E-state index contributed by atoms with van der Waals surface area (Å²) in [6.45, 7) is 0.514. The Morgan fingerprint density at radius 2 is 1.75 bits per heavy atom. The molecule has 1 aromatic carbocycles. The van der Waals surface area contributed by atoms with Crippen molar-refractivity contribution in [3.63, 3.8) is 0 Å². The fourth-order valence-corrected chi connectivity index (χ4v) is 1.69. The lowest BCUT2D eigenvalue weighted by Gasteiger charge is -2.13. The van der Waals surface area contributed by atoms with Crippen LogP contribution in [0.25, 0.3) is 0 Å². The molecule has 1 amide bonds. The first-order valence-electron chi connectivity index (χ1n) is 6.19. The number of nitrogens with one attached hydrogen (secondary N) is 1. The summed E-state index contributed by atoms with van der Waals surface area (Å²) in [6.07, 6.45) is 6.52. The Hall–Kier alpha value is -2.35. The van der Waals surface area contributed by atoms with Gasteiger partial charge < -0.3 is 19.5 Å². The summed E-state index contributed by atoms with van der Waals surface area (Å²) >= 11 is 0. The summed E-state index contributed by atoms with van der Waals surface area (Å²) in [5.41, 5.74) is 0.394. The molecule has 1 aromatic rings. The van der Waals surface area contributed by atoms with E-state index in [1.807, 2.05) is 0 Å². The summed E-state index contributed by atoms with van der Waals surface area (Å²) < 4.78 is 15.6. The third-order valence-corrected chi connectivity index (χ3v) is 2.73. The summed E-state index contributed by atoms with van der Waals surface area (Å²) in [5.74, 6) is 3.70. The Bertz CT molecular complexity index is 505. The van der Waals surface area contributed by atoms with E-state index in [1.165, 1.54) is 21.3 Å². The fourth-order valence-electron chi connectivity index (χ4n) is 1.69. The highest BCUT2D eigenvalue weighted by Crippen LogP contribution is 2.34. The maximum absolute atomic E-state index is 12.1. The number of benzene rings is 1. The molecule has 0 bridgehead atoms. The second kappa shape index (κ2) is 7.95. The summed E-state index contributed by atoms with van der Waals surface area (Å²) in [7, 11) is 4.53. The molecule has 0 spiro atoms. The van der Waals surface area contributed by atoms with Crippen LogP contribution in [0.15, 0.2) is 12.1 Å². The van der Waals surface area contributed by atoms with Crippen LogP contribution < -0.4 is 19.5 Å². The van der Waals surface area contributed by atoms with Crippen LogP contribution in [0.4, 0.5) is 0 Å². The number of hydrogen-bond donors (Lipinski definition) is 1. The van der Waals surface area contributed by atoms with Gasteiger partial charge in [0.15, 0.2) is 11.5 Å². The molecule has 5 heteroatoms. The van der Waals surface area contributed by atoms with Gasteiger partial charge in [-0.15, -0.1) is 12.3 Å². The van der Waals surface area contributed by atoms with Gasteiger partial charge in [-0.2, -0.15) is 0 Å². The molecule has 0 saturated heterocycles. The molecule has 0 aliphatic heterocycles. The molecule has 20 heavy (non-hydrogen) atoms. The second-order valence-corrected chi connectivity index (χ2v) is 3.97. The smallest absolute Gasteiger partial charge is 0.255 e. The van der Waals surface area contributed by atoms with Gasteiger partial charge in [0.1, 0.15) is 5.75 Å². The first-order chi connectivity index (χ1) is 9.67. The maximum atomic E-state index is 12.1. The molecule has 0 aliphatic carbocycles. The van der Waals surface area contributed by atoms with E-state index in [-0.39, 0.29) is 5.91 Å². The van der Waals surface area contributed by atoms with Crippen LogP contribution in [0.3, 0.4) is 0 Å². The minimum atomic E-state index is -0.236. The molecule has 0 radical (unpaired) electrons. The number of carbonyl (C=O) groups excluding carboxylic acids is 1. The Balaban J connectivity index is 2.92. The number of methoxy groups -OCH3 is 3. The van der Waals surface area contributed by atoms with Gasteiger partial charge in [-0.3, -0.25) is 4.79 Å². The Morgan fingerprint density at radius 3 is 2.30 bits per heavy atom. The van der Waals surface area contributed by atoms with E-state index in [9.17, 15) is 4.79 Å². The first-order valence-corrected chi connectivity index (χ1v) is 6.19. The van der Waals surface area contributed by atoms with Gasteiger partial charge >= 0.3 is 0 Å². The van der Waals surface area contributed by atoms with Gasteiger partial charge in [-0.05, 0) is 6.42 Å². The minimum absolute atomic E-state index is 0.236. The van der Waals surface area contributed by atoms with Crippen LogP contribution in [-0.4, -0.2) is 33.8 Å². The lowest BCUT2D eigenvalue weighted by atomic mass is 10.1. The molecule has 0 aliphatic rings. The molecular weight excluding hydrogens is 258 g/mol. The molecule has 0 heterocycles. The zero-order chi connectivity index (χ0) is 15.0. The van der Waals surface area contributed by atoms with Crippen LogP contribution in [0.5, 0.6) is 17.2 Å². The van der Waals surface area contributed by atoms with Gasteiger partial charge in [0.2, 0.25) is 0 Å². The molecule has 5 nitrogen and oxygen atoms in total. The quantitative estimate of drug-likeness (QED) is 0.610. The first kappa shape index (κ1) is 15.7. The predicted molar refractivity (Wildman–Crippen MR) is 76.5 cm³/mol. The van der Waals surface area contributed by atoms with Crippen molar-refractivity contribution in [1.29, 1.82) is 0 Å². The van der Waals surface area contributed by atoms with Gasteiger partial charge in [0.05, 0.1) is 26.9 Å². The number of carbonyl (C=O) groups is 1. The molecule has 0 atom stereocenters. The second-order valence-electron chi connectivity index (χ2n) is 3.97. The molecule has 1 rings (SSSR count). The van der Waals surface area contributed by atoms with Crippen molar-refractivity contribution < 1.29 is 19.0 Å². The average molecular weight is 277 g/mol. The van der Waals surface area contributed by atoms with E-state index < -0.39 is 0 Å². The number of hydrogen-bond acceptors (Lipinski definition) is 4. The van der Waals surface area contributed by atoms with E-state index >= 15 is 0 Å². The average Bonchev–Trinajstić information content (AvgIpc) is 2.49. The molecule has 108 valence electrons. The normalized spacial score (nSPS) is 9.50. The fraction of sp³-hybridized carbons (Fsp3) is 0.400. The third kappa shape index (κ3) is 3.82. The SMILES string of the molecule is C#CCCCNC(=O)c1cc(OC)c(OC)cc1OC. The van der Waals surface area contributed by atoms with Crippen molar-refractivity contribution in [1.82, 2.24) is 5.32 Å². The van der Waals surface area contributed by atoms with Crippen molar-refractivity contribution in [3.8, 4) is 29.6 Å². The van der Waals surface area contributed by atoms with Crippen LogP contribution in [0, 0.1) is 12.3 Å². The van der Waals surface area contributed by atoms with E-state index in [1.54, 1.807) is 12.1 Å². The Kier molecular flexibility index (Phi) is 6.24. The number of ether oxygens (including phenoxy) is 3. The zero-order valence-electron chi connectivity index (χ0n) is 12.0. The summed E-state index contributed by atoms with van der Waals surface area (Å²) in [4.78, 5) is 12.1. The van der Waals surface area contributed by atoms with Gasteiger partial charge in [0.25, 0.3) is 5.91 Å². The predicted octanol–water partition coefficient (Wildman–Crippen LogP) is 1.86. The molecule has 0 saturated carbocycles. The van der Waals surface area contributed by atoms with Crippen molar-refractivity contribution in [2.45, 2.75) is 12.8 Å². The van der Waals surface area contributed by atoms with E-state index in [2.05, 4.69) is 11.2 Å². The molecule has 0 fully saturated rings. The maximum Gasteiger partial charge on any atom is 0.255 e. The van der Waals surface area contributed by atoms with Crippen LogP contribution in [0.2, 0.25) is 0 Å². The monoisotopic (exact) mass is 277 g/mol. The molecule has 1 N–H and O–H groups in total.